The third-order valence-corrected chi connectivity index (χ3v) is 5.53. The van der Waals surface area contributed by atoms with E-state index < -0.39 is 5.91 Å². The lowest BCUT2D eigenvalue weighted by Crippen LogP contribution is -2.13. The third kappa shape index (κ3) is 6.27. The van der Waals surface area contributed by atoms with Crippen LogP contribution in [0.25, 0.3) is 6.08 Å². The molecule has 3 aromatic rings. The molecule has 7 heteroatoms. The largest absolute Gasteiger partial charge is 0.487 e. The number of benzene rings is 3. The maximum absolute atomic E-state index is 12.5. The maximum atomic E-state index is 12.5. The van der Waals surface area contributed by atoms with Crippen LogP contribution >= 0.6 is 34.8 Å². The molecule has 3 rings (SSSR count). The van der Waals surface area contributed by atoms with E-state index in [1.807, 2.05) is 30.3 Å². The molecule has 0 bridgehead atoms. The SMILES string of the molecule is CCc1ccc(NC(=O)/C(C#N)=C/c2ccc(OCc3ccc(Cl)cc3Cl)c(Cl)c2)cc1. The van der Waals surface area contributed by atoms with Gasteiger partial charge >= 0.3 is 0 Å². The second kappa shape index (κ2) is 11.1. The number of hydrogen-bond donors (Lipinski definition) is 1. The summed E-state index contributed by atoms with van der Waals surface area (Å²) in [4.78, 5) is 12.5. The van der Waals surface area contributed by atoms with Crippen molar-refractivity contribution in [3.63, 3.8) is 0 Å². The van der Waals surface area contributed by atoms with Crippen LogP contribution in [0.15, 0.2) is 66.2 Å². The Morgan fingerprint density at radius 3 is 2.41 bits per heavy atom. The van der Waals surface area contributed by atoms with Gasteiger partial charge in [0.1, 0.15) is 24.0 Å². The van der Waals surface area contributed by atoms with Gasteiger partial charge in [0.15, 0.2) is 0 Å². The van der Waals surface area contributed by atoms with Gasteiger partial charge in [0.2, 0.25) is 0 Å². The van der Waals surface area contributed by atoms with Crippen molar-refractivity contribution in [2.24, 2.45) is 0 Å². The first-order valence-corrected chi connectivity index (χ1v) is 10.9. The minimum absolute atomic E-state index is 0.0396. The molecule has 1 amide bonds. The molecule has 162 valence electrons. The zero-order valence-corrected chi connectivity index (χ0v) is 19.4. The van der Waals surface area contributed by atoms with Crippen molar-refractivity contribution < 1.29 is 9.53 Å². The molecule has 0 atom stereocenters. The highest BCUT2D eigenvalue weighted by Crippen LogP contribution is 2.29. The molecule has 0 aliphatic rings. The molecule has 1 N–H and O–H groups in total. The van der Waals surface area contributed by atoms with Crippen LogP contribution in [0, 0.1) is 11.3 Å². The summed E-state index contributed by atoms with van der Waals surface area (Å²) < 4.78 is 5.75. The van der Waals surface area contributed by atoms with Gasteiger partial charge in [0.05, 0.1) is 5.02 Å². The van der Waals surface area contributed by atoms with E-state index in [2.05, 4.69) is 12.2 Å². The van der Waals surface area contributed by atoms with E-state index in [1.54, 1.807) is 36.4 Å². The number of anilines is 1. The lowest BCUT2D eigenvalue weighted by Gasteiger charge is -2.10. The van der Waals surface area contributed by atoms with E-state index in [0.717, 1.165) is 17.5 Å². The van der Waals surface area contributed by atoms with Crippen molar-refractivity contribution in [2.45, 2.75) is 20.0 Å². The van der Waals surface area contributed by atoms with Crippen LogP contribution in [-0.4, -0.2) is 5.91 Å². The second-order valence-corrected chi connectivity index (χ2v) is 8.14. The number of halogens is 3. The summed E-state index contributed by atoms with van der Waals surface area (Å²) in [6.45, 7) is 2.27. The average molecular weight is 486 g/mol. The van der Waals surface area contributed by atoms with Gasteiger partial charge in [-0.25, -0.2) is 0 Å². The number of carbonyl (C=O) groups excluding carboxylic acids is 1. The number of aryl methyl sites for hydroxylation is 1. The zero-order chi connectivity index (χ0) is 23.1. The number of amides is 1. The summed E-state index contributed by atoms with van der Waals surface area (Å²) in [6.07, 6.45) is 2.38. The van der Waals surface area contributed by atoms with E-state index >= 15 is 0 Å². The van der Waals surface area contributed by atoms with Crippen LogP contribution < -0.4 is 10.1 Å². The van der Waals surface area contributed by atoms with Crippen LogP contribution in [0.4, 0.5) is 5.69 Å². The first-order valence-electron chi connectivity index (χ1n) is 9.78. The van der Waals surface area contributed by atoms with E-state index in [1.165, 1.54) is 6.08 Å². The van der Waals surface area contributed by atoms with Crippen molar-refractivity contribution in [3.8, 4) is 11.8 Å². The van der Waals surface area contributed by atoms with Crippen molar-refractivity contribution in [1.29, 1.82) is 5.26 Å². The third-order valence-electron chi connectivity index (χ3n) is 4.65. The minimum atomic E-state index is -0.495. The number of rotatable bonds is 7. The Hall–Kier alpha value is -2.97. The lowest BCUT2D eigenvalue weighted by atomic mass is 10.1. The second-order valence-electron chi connectivity index (χ2n) is 6.89. The summed E-state index contributed by atoms with van der Waals surface area (Å²) in [6, 6.07) is 19.6. The van der Waals surface area contributed by atoms with Crippen LogP contribution in [0.1, 0.15) is 23.6 Å². The molecule has 0 saturated heterocycles. The molecular formula is C25H19Cl3N2O2. The van der Waals surface area contributed by atoms with Gasteiger partial charge in [-0.1, -0.05) is 66.0 Å². The predicted molar refractivity (Wildman–Crippen MR) is 130 cm³/mol. The molecule has 0 radical (unpaired) electrons. The number of hydrogen-bond acceptors (Lipinski definition) is 3. The van der Waals surface area contributed by atoms with E-state index in [4.69, 9.17) is 39.5 Å². The molecular weight excluding hydrogens is 467 g/mol. The fraction of sp³-hybridized carbons (Fsp3) is 0.120. The van der Waals surface area contributed by atoms with Gasteiger partial charge in [0.25, 0.3) is 5.91 Å². The fourth-order valence-electron chi connectivity index (χ4n) is 2.86. The molecule has 4 nitrogen and oxygen atoms in total. The lowest BCUT2D eigenvalue weighted by molar-refractivity contribution is -0.112. The average Bonchev–Trinajstić information content (AvgIpc) is 2.78. The van der Waals surface area contributed by atoms with Gasteiger partial charge in [-0.15, -0.1) is 0 Å². The van der Waals surface area contributed by atoms with Gasteiger partial charge in [-0.2, -0.15) is 5.26 Å². The summed E-state index contributed by atoms with van der Waals surface area (Å²) >= 11 is 18.4. The molecule has 32 heavy (non-hydrogen) atoms. The van der Waals surface area contributed by atoms with Crippen LogP contribution in [0.3, 0.4) is 0 Å². The van der Waals surface area contributed by atoms with Crippen molar-refractivity contribution in [2.75, 3.05) is 5.32 Å². The van der Waals surface area contributed by atoms with Crippen molar-refractivity contribution in [3.05, 3.63) is 98.0 Å². The number of ether oxygens (including phenoxy) is 1. The van der Waals surface area contributed by atoms with Gasteiger partial charge in [-0.3, -0.25) is 4.79 Å². The Morgan fingerprint density at radius 2 is 1.78 bits per heavy atom. The minimum Gasteiger partial charge on any atom is -0.487 e. The summed E-state index contributed by atoms with van der Waals surface area (Å²) in [5, 5.41) is 13.6. The Kier molecular flexibility index (Phi) is 8.19. The zero-order valence-electron chi connectivity index (χ0n) is 17.2. The molecule has 0 saturated carbocycles. The quantitative estimate of drug-likeness (QED) is 0.281. The molecule has 0 unspecified atom stereocenters. The van der Waals surface area contributed by atoms with Crippen LogP contribution in [-0.2, 0) is 17.8 Å². The summed E-state index contributed by atoms with van der Waals surface area (Å²) in [5.41, 5.74) is 3.11. The molecule has 0 spiro atoms. The van der Waals surface area contributed by atoms with Gasteiger partial charge < -0.3 is 10.1 Å². The molecule has 0 aliphatic carbocycles. The smallest absolute Gasteiger partial charge is 0.266 e. The first-order chi connectivity index (χ1) is 15.4. The Balaban J connectivity index is 1.70. The van der Waals surface area contributed by atoms with Gasteiger partial charge in [0, 0.05) is 21.3 Å². The van der Waals surface area contributed by atoms with Crippen molar-refractivity contribution >= 4 is 52.5 Å². The fourth-order valence-corrected chi connectivity index (χ4v) is 3.56. The summed E-state index contributed by atoms with van der Waals surface area (Å²) in [7, 11) is 0. The number of carbonyl (C=O) groups is 1. The Morgan fingerprint density at radius 1 is 1.03 bits per heavy atom. The van der Waals surface area contributed by atoms with Crippen LogP contribution in [0.5, 0.6) is 5.75 Å². The first kappa shape index (κ1) is 23.7. The highest BCUT2D eigenvalue weighted by Gasteiger charge is 2.11. The van der Waals surface area contributed by atoms with Gasteiger partial charge in [-0.05, 0) is 60.0 Å². The number of nitrogens with zero attached hydrogens (tertiary/aromatic N) is 1. The normalized spacial score (nSPS) is 11.0. The summed E-state index contributed by atoms with van der Waals surface area (Å²) in [5.74, 6) is -0.0422. The van der Waals surface area contributed by atoms with Crippen LogP contribution in [0.2, 0.25) is 15.1 Å². The highest BCUT2D eigenvalue weighted by molar-refractivity contribution is 6.35. The van der Waals surface area contributed by atoms with E-state index in [0.29, 0.717) is 32.1 Å². The Labute approximate surface area is 202 Å². The van der Waals surface area contributed by atoms with Crippen molar-refractivity contribution in [1.82, 2.24) is 0 Å². The highest BCUT2D eigenvalue weighted by atomic mass is 35.5. The predicted octanol–water partition coefficient (Wildman–Crippen LogP) is 7.33. The Bertz CT molecular complexity index is 1200. The molecule has 0 aliphatic heterocycles. The topological polar surface area (TPSA) is 62.1 Å². The molecule has 0 aromatic heterocycles. The molecule has 3 aromatic carbocycles. The maximum Gasteiger partial charge on any atom is 0.266 e. The van der Waals surface area contributed by atoms with E-state index in [-0.39, 0.29) is 12.2 Å². The van der Waals surface area contributed by atoms with E-state index in [9.17, 15) is 10.1 Å². The number of nitrogens with one attached hydrogen (secondary N) is 1. The standard InChI is InChI=1S/C25H19Cl3N2O2/c1-2-16-3-8-21(9-4-16)30-25(31)19(14-29)11-17-5-10-24(23(28)12-17)32-15-18-6-7-20(26)13-22(18)27/h3-13H,2,15H2,1H3,(H,30,31)/b19-11+. The molecule has 0 heterocycles. The molecule has 0 fully saturated rings. The monoisotopic (exact) mass is 484 g/mol. The number of nitriles is 1.